The summed E-state index contributed by atoms with van der Waals surface area (Å²) in [5.41, 5.74) is 1.08. The predicted molar refractivity (Wildman–Crippen MR) is 93.9 cm³/mol. The first kappa shape index (κ1) is 21.4. The van der Waals surface area contributed by atoms with Crippen LogP contribution in [0.25, 0.3) is 22.6 Å². The standard InChI is InChI=1S/C19H14F3N3O3.Na.H/c20-19(21,22)28-14-5-1-3-11(9-14)17-24-15(12-4-2-8-23-10-12)16(18(26)27)25(17)13-6-7-13;;/h1-5,8-10,13H,6-7H2,(H,26,27);;/q;+1;-1. The molecule has 0 bridgehead atoms. The van der Waals surface area contributed by atoms with Gasteiger partial charge in [-0.1, -0.05) is 12.1 Å². The van der Waals surface area contributed by atoms with Crippen LogP contribution in [0.15, 0.2) is 48.8 Å². The van der Waals surface area contributed by atoms with E-state index in [-0.39, 0.29) is 54.2 Å². The third kappa shape index (κ3) is 4.63. The molecule has 146 valence electrons. The fraction of sp³-hybridized carbons (Fsp3) is 0.211. The Hall–Kier alpha value is -2.36. The van der Waals surface area contributed by atoms with Crippen LogP contribution in [0.4, 0.5) is 13.2 Å². The molecule has 6 nitrogen and oxygen atoms in total. The van der Waals surface area contributed by atoms with Crippen molar-refractivity contribution in [2.75, 3.05) is 0 Å². The van der Waals surface area contributed by atoms with Gasteiger partial charge in [0.1, 0.15) is 17.3 Å². The molecule has 1 fully saturated rings. The number of imidazole rings is 1. The molecule has 0 atom stereocenters. The first-order valence-electron chi connectivity index (χ1n) is 8.45. The van der Waals surface area contributed by atoms with E-state index in [1.165, 1.54) is 24.4 Å². The molecule has 0 saturated heterocycles. The van der Waals surface area contributed by atoms with Crippen molar-refractivity contribution in [3.63, 3.8) is 0 Å². The average molecular weight is 413 g/mol. The maximum Gasteiger partial charge on any atom is 1.00 e. The number of pyridine rings is 1. The third-order valence-corrected chi connectivity index (χ3v) is 4.29. The summed E-state index contributed by atoms with van der Waals surface area (Å²) in [5, 5.41) is 9.80. The van der Waals surface area contributed by atoms with Crippen molar-refractivity contribution in [2.24, 2.45) is 0 Å². The summed E-state index contributed by atoms with van der Waals surface area (Å²) in [6.45, 7) is 0. The Morgan fingerprint density at radius 3 is 2.52 bits per heavy atom. The van der Waals surface area contributed by atoms with Crippen molar-refractivity contribution >= 4 is 5.97 Å². The second-order valence-electron chi connectivity index (χ2n) is 6.36. The number of alkyl halides is 3. The first-order valence-corrected chi connectivity index (χ1v) is 8.45. The van der Waals surface area contributed by atoms with E-state index in [1.54, 1.807) is 29.0 Å². The maximum absolute atomic E-state index is 12.6. The van der Waals surface area contributed by atoms with E-state index in [4.69, 9.17) is 0 Å². The largest absolute Gasteiger partial charge is 1.00 e. The molecule has 2 aromatic heterocycles. The average Bonchev–Trinajstić information content (AvgIpc) is 3.40. The van der Waals surface area contributed by atoms with Crippen molar-refractivity contribution in [1.82, 2.24) is 14.5 Å². The number of aromatic carboxylic acids is 1. The minimum atomic E-state index is -4.82. The number of aromatic nitrogens is 3. The van der Waals surface area contributed by atoms with E-state index in [0.717, 1.165) is 12.8 Å². The van der Waals surface area contributed by atoms with E-state index in [2.05, 4.69) is 14.7 Å². The zero-order chi connectivity index (χ0) is 19.9. The van der Waals surface area contributed by atoms with Crippen molar-refractivity contribution in [1.29, 1.82) is 0 Å². The second-order valence-corrected chi connectivity index (χ2v) is 6.36. The van der Waals surface area contributed by atoms with Gasteiger partial charge in [-0.25, -0.2) is 9.78 Å². The van der Waals surface area contributed by atoms with Crippen LogP contribution in [0, 0.1) is 0 Å². The number of benzene rings is 1. The minimum absolute atomic E-state index is 0. The fourth-order valence-corrected chi connectivity index (χ4v) is 3.07. The molecular formula is C19H15F3N3NaO3. The van der Waals surface area contributed by atoms with Gasteiger partial charge in [0, 0.05) is 29.6 Å². The number of hydrogen-bond donors (Lipinski definition) is 1. The topological polar surface area (TPSA) is 77.2 Å². The summed E-state index contributed by atoms with van der Waals surface area (Å²) in [7, 11) is 0. The summed E-state index contributed by atoms with van der Waals surface area (Å²) in [6.07, 6.45) is -0.221. The number of halogens is 3. The molecule has 0 amide bonds. The van der Waals surface area contributed by atoms with Gasteiger partial charge >= 0.3 is 41.9 Å². The molecule has 29 heavy (non-hydrogen) atoms. The van der Waals surface area contributed by atoms with E-state index in [1.807, 2.05) is 0 Å². The summed E-state index contributed by atoms with van der Waals surface area (Å²) >= 11 is 0. The van der Waals surface area contributed by atoms with Gasteiger partial charge in [-0.05, 0) is 37.1 Å². The van der Waals surface area contributed by atoms with Crippen molar-refractivity contribution in [3.05, 3.63) is 54.5 Å². The van der Waals surface area contributed by atoms with Crippen LogP contribution in [0.3, 0.4) is 0 Å². The Kier molecular flexibility index (Phi) is 6.02. The van der Waals surface area contributed by atoms with Gasteiger partial charge in [0.25, 0.3) is 0 Å². The van der Waals surface area contributed by atoms with Crippen molar-refractivity contribution in [2.45, 2.75) is 25.2 Å². The predicted octanol–water partition coefficient (Wildman–Crippen LogP) is 1.66. The van der Waals surface area contributed by atoms with Crippen LogP contribution in [0.1, 0.15) is 30.8 Å². The van der Waals surface area contributed by atoms with Crippen LogP contribution < -0.4 is 34.3 Å². The molecule has 0 aliphatic heterocycles. The normalized spacial score (nSPS) is 13.6. The van der Waals surface area contributed by atoms with E-state index < -0.39 is 18.1 Å². The van der Waals surface area contributed by atoms with E-state index in [9.17, 15) is 23.1 Å². The Labute approximate surface area is 187 Å². The van der Waals surface area contributed by atoms with Crippen LogP contribution >= 0.6 is 0 Å². The van der Waals surface area contributed by atoms with Gasteiger partial charge < -0.3 is 15.8 Å². The molecule has 0 unspecified atom stereocenters. The molecule has 0 radical (unpaired) electrons. The SMILES string of the molecule is O=C(O)c1c(-c2cccnc2)nc(-c2cccc(OC(F)(F)F)c2)n1C1CC1.[H-].[Na+]. The summed E-state index contributed by atoms with van der Waals surface area (Å²) in [5.74, 6) is -1.27. The minimum Gasteiger partial charge on any atom is -1.00 e. The molecule has 1 N–H and O–H groups in total. The molecule has 1 aliphatic rings. The number of ether oxygens (including phenoxy) is 1. The Bertz CT molecular complexity index is 1040. The Morgan fingerprint density at radius 2 is 1.93 bits per heavy atom. The molecule has 1 saturated carbocycles. The van der Waals surface area contributed by atoms with Crippen LogP contribution in [-0.2, 0) is 0 Å². The maximum atomic E-state index is 12.6. The summed E-state index contributed by atoms with van der Waals surface area (Å²) in [4.78, 5) is 20.5. The number of carbonyl (C=O) groups is 1. The number of nitrogens with zero attached hydrogens (tertiary/aromatic N) is 3. The fourth-order valence-electron chi connectivity index (χ4n) is 3.07. The Morgan fingerprint density at radius 1 is 1.21 bits per heavy atom. The van der Waals surface area contributed by atoms with Gasteiger partial charge in [0.15, 0.2) is 5.69 Å². The van der Waals surface area contributed by atoms with E-state index >= 15 is 0 Å². The molecule has 4 rings (SSSR count). The molecule has 0 spiro atoms. The van der Waals surface area contributed by atoms with Crippen molar-refractivity contribution < 1.29 is 58.8 Å². The molecular weight excluding hydrogens is 398 g/mol. The van der Waals surface area contributed by atoms with Gasteiger partial charge in [0.05, 0.1) is 0 Å². The third-order valence-electron chi connectivity index (χ3n) is 4.29. The number of hydrogen-bond acceptors (Lipinski definition) is 4. The molecule has 1 aliphatic carbocycles. The molecule has 3 aromatic rings. The molecule has 10 heteroatoms. The number of carboxylic acid groups (broad SMARTS) is 1. The zero-order valence-electron chi connectivity index (χ0n) is 16.3. The second kappa shape index (κ2) is 8.17. The van der Waals surface area contributed by atoms with Gasteiger partial charge in [-0.2, -0.15) is 0 Å². The molecule has 1 aromatic carbocycles. The number of carboxylic acids is 1. The smallest absolute Gasteiger partial charge is 1.00 e. The van der Waals surface area contributed by atoms with Gasteiger partial charge in [-0.3, -0.25) is 4.98 Å². The van der Waals surface area contributed by atoms with E-state index in [0.29, 0.717) is 11.1 Å². The summed E-state index contributed by atoms with van der Waals surface area (Å²) < 4.78 is 43.2. The monoisotopic (exact) mass is 413 g/mol. The van der Waals surface area contributed by atoms with Gasteiger partial charge in [0.2, 0.25) is 0 Å². The quantitative estimate of drug-likeness (QED) is 0.644. The van der Waals surface area contributed by atoms with Crippen LogP contribution in [0.2, 0.25) is 0 Å². The number of rotatable bonds is 5. The first-order chi connectivity index (χ1) is 13.3. The Balaban J connectivity index is 0.00000160. The molecule has 2 heterocycles. The van der Waals surface area contributed by atoms with Gasteiger partial charge in [-0.15, -0.1) is 13.2 Å². The van der Waals surface area contributed by atoms with Crippen LogP contribution in [0.5, 0.6) is 5.75 Å². The summed E-state index contributed by atoms with van der Waals surface area (Å²) in [6, 6.07) is 8.65. The van der Waals surface area contributed by atoms with Crippen LogP contribution in [-0.4, -0.2) is 32.0 Å². The zero-order valence-corrected chi connectivity index (χ0v) is 17.3. The van der Waals surface area contributed by atoms with Crippen molar-refractivity contribution in [3.8, 4) is 28.4 Å².